The van der Waals surface area contributed by atoms with Crippen LogP contribution in [0.3, 0.4) is 0 Å². The van der Waals surface area contributed by atoms with E-state index < -0.39 is 0 Å². The fraction of sp³-hybridized carbons (Fsp3) is 0.778. The summed E-state index contributed by atoms with van der Waals surface area (Å²) in [5.74, 6) is 0. The number of anilines is 1. The molecule has 1 aromatic heterocycles. The first-order valence-electron chi connectivity index (χ1n) is 4.74. The molecule has 80 valence electrons. The van der Waals surface area contributed by atoms with Gasteiger partial charge in [-0.15, -0.1) is 10.2 Å². The van der Waals surface area contributed by atoms with E-state index in [9.17, 15) is 0 Å². The maximum atomic E-state index is 9.05. The predicted molar refractivity (Wildman–Crippen MR) is 58.6 cm³/mol. The first kappa shape index (κ1) is 11.4. The molecule has 0 bridgehead atoms. The van der Waals surface area contributed by atoms with Crippen molar-refractivity contribution in [2.45, 2.75) is 27.2 Å². The lowest BCUT2D eigenvalue weighted by Gasteiger charge is -2.21. The molecule has 5 heteroatoms. The highest BCUT2D eigenvalue weighted by Crippen LogP contribution is 2.19. The van der Waals surface area contributed by atoms with Gasteiger partial charge in [-0.25, -0.2) is 0 Å². The van der Waals surface area contributed by atoms with Crippen LogP contribution >= 0.6 is 11.3 Å². The number of aliphatic hydroxyl groups excluding tert-OH is 1. The summed E-state index contributed by atoms with van der Waals surface area (Å²) in [5.41, 5.74) is -0.113. The van der Waals surface area contributed by atoms with Gasteiger partial charge in [0, 0.05) is 18.6 Å². The Labute approximate surface area is 88.4 Å². The van der Waals surface area contributed by atoms with Crippen molar-refractivity contribution in [2.24, 2.45) is 5.41 Å². The second kappa shape index (κ2) is 4.70. The van der Waals surface area contributed by atoms with Crippen molar-refractivity contribution >= 4 is 16.5 Å². The number of nitrogens with zero attached hydrogens (tertiary/aromatic N) is 2. The Kier molecular flexibility index (Phi) is 3.83. The SMILES string of the molecule is CCc1nnc(NCC(C)(C)CO)s1. The van der Waals surface area contributed by atoms with Crippen molar-refractivity contribution in [1.29, 1.82) is 0 Å². The second-order valence-electron chi connectivity index (χ2n) is 4.03. The van der Waals surface area contributed by atoms with Crippen LogP contribution in [0, 0.1) is 5.41 Å². The smallest absolute Gasteiger partial charge is 0.205 e. The van der Waals surface area contributed by atoms with Gasteiger partial charge in [0.2, 0.25) is 5.13 Å². The molecular formula is C9H17N3OS. The Morgan fingerprint density at radius 1 is 1.43 bits per heavy atom. The number of nitrogens with one attached hydrogen (secondary N) is 1. The number of aryl methyl sites for hydroxylation is 1. The number of aromatic nitrogens is 2. The minimum atomic E-state index is -0.113. The minimum absolute atomic E-state index is 0.113. The van der Waals surface area contributed by atoms with Crippen LogP contribution in [0.2, 0.25) is 0 Å². The highest BCUT2D eigenvalue weighted by Gasteiger charge is 2.16. The van der Waals surface area contributed by atoms with E-state index in [2.05, 4.69) is 22.4 Å². The van der Waals surface area contributed by atoms with Crippen LogP contribution in [0.25, 0.3) is 0 Å². The van der Waals surface area contributed by atoms with E-state index in [1.54, 1.807) is 11.3 Å². The van der Waals surface area contributed by atoms with Gasteiger partial charge in [-0.2, -0.15) is 0 Å². The van der Waals surface area contributed by atoms with Gasteiger partial charge >= 0.3 is 0 Å². The Morgan fingerprint density at radius 3 is 2.64 bits per heavy atom. The average Bonchev–Trinajstić information content (AvgIpc) is 2.63. The standard InChI is InChI=1S/C9H17N3OS/c1-4-7-11-12-8(14-7)10-5-9(2,3)6-13/h13H,4-6H2,1-3H3,(H,10,12). The zero-order valence-corrected chi connectivity index (χ0v) is 9.69. The summed E-state index contributed by atoms with van der Waals surface area (Å²) >= 11 is 1.57. The summed E-state index contributed by atoms with van der Waals surface area (Å²) in [7, 11) is 0. The Morgan fingerprint density at radius 2 is 2.14 bits per heavy atom. The summed E-state index contributed by atoms with van der Waals surface area (Å²) in [5, 5.41) is 22.1. The monoisotopic (exact) mass is 215 g/mol. The zero-order valence-electron chi connectivity index (χ0n) is 8.87. The molecule has 0 unspecified atom stereocenters. The number of hydrogen-bond acceptors (Lipinski definition) is 5. The summed E-state index contributed by atoms with van der Waals surface area (Å²) in [4.78, 5) is 0. The van der Waals surface area contributed by atoms with Crippen molar-refractivity contribution in [1.82, 2.24) is 10.2 Å². The number of hydrogen-bond donors (Lipinski definition) is 2. The quantitative estimate of drug-likeness (QED) is 0.782. The average molecular weight is 215 g/mol. The van der Waals surface area contributed by atoms with Gasteiger partial charge in [0.1, 0.15) is 5.01 Å². The third-order valence-electron chi connectivity index (χ3n) is 1.92. The van der Waals surface area contributed by atoms with E-state index in [0.717, 1.165) is 16.6 Å². The van der Waals surface area contributed by atoms with Gasteiger partial charge < -0.3 is 10.4 Å². The van der Waals surface area contributed by atoms with Crippen molar-refractivity contribution in [3.8, 4) is 0 Å². The molecule has 0 atom stereocenters. The normalized spacial score (nSPS) is 11.7. The van der Waals surface area contributed by atoms with E-state index in [1.807, 2.05) is 13.8 Å². The largest absolute Gasteiger partial charge is 0.396 e. The number of aliphatic hydroxyl groups is 1. The van der Waals surface area contributed by atoms with Gasteiger partial charge in [0.15, 0.2) is 0 Å². The summed E-state index contributed by atoms with van der Waals surface area (Å²) in [6.07, 6.45) is 0.919. The van der Waals surface area contributed by atoms with Gasteiger partial charge in [0.25, 0.3) is 0 Å². The van der Waals surface area contributed by atoms with Crippen LogP contribution in [0.4, 0.5) is 5.13 Å². The molecule has 4 nitrogen and oxygen atoms in total. The Balaban J connectivity index is 2.45. The molecule has 0 aliphatic carbocycles. The third kappa shape index (κ3) is 3.23. The topological polar surface area (TPSA) is 58.0 Å². The van der Waals surface area contributed by atoms with Crippen molar-refractivity contribution in [3.63, 3.8) is 0 Å². The zero-order chi connectivity index (χ0) is 10.6. The van der Waals surface area contributed by atoms with Gasteiger partial charge in [-0.05, 0) is 6.42 Å². The Hall–Kier alpha value is -0.680. The van der Waals surface area contributed by atoms with E-state index >= 15 is 0 Å². The maximum absolute atomic E-state index is 9.05. The van der Waals surface area contributed by atoms with E-state index in [1.165, 1.54) is 0 Å². The fourth-order valence-electron chi connectivity index (χ4n) is 0.839. The predicted octanol–water partition coefficient (Wildman–Crippen LogP) is 1.53. The summed E-state index contributed by atoms with van der Waals surface area (Å²) in [6, 6.07) is 0. The molecule has 0 spiro atoms. The lowest BCUT2D eigenvalue weighted by atomic mass is 9.95. The van der Waals surface area contributed by atoms with Crippen LogP contribution in [0.5, 0.6) is 0 Å². The van der Waals surface area contributed by atoms with Crippen LogP contribution in [-0.4, -0.2) is 28.5 Å². The highest BCUT2D eigenvalue weighted by molar-refractivity contribution is 7.15. The first-order valence-corrected chi connectivity index (χ1v) is 5.56. The van der Waals surface area contributed by atoms with E-state index in [4.69, 9.17) is 5.11 Å². The van der Waals surface area contributed by atoms with Crippen molar-refractivity contribution < 1.29 is 5.11 Å². The van der Waals surface area contributed by atoms with Gasteiger partial charge in [-0.1, -0.05) is 32.1 Å². The molecule has 0 radical (unpaired) electrons. The number of rotatable bonds is 5. The molecule has 1 aromatic rings. The first-order chi connectivity index (χ1) is 6.57. The molecule has 0 fully saturated rings. The molecular weight excluding hydrogens is 198 g/mol. The maximum Gasteiger partial charge on any atom is 0.205 e. The van der Waals surface area contributed by atoms with Crippen LogP contribution < -0.4 is 5.32 Å². The minimum Gasteiger partial charge on any atom is -0.396 e. The third-order valence-corrected chi connectivity index (χ3v) is 2.94. The van der Waals surface area contributed by atoms with Crippen LogP contribution in [-0.2, 0) is 6.42 Å². The molecule has 1 heterocycles. The van der Waals surface area contributed by atoms with Gasteiger partial charge in [0.05, 0.1) is 0 Å². The van der Waals surface area contributed by atoms with Gasteiger partial charge in [-0.3, -0.25) is 0 Å². The van der Waals surface area contributed by atoms with Crippen molar-refractivity contribution in [3.05, 3.63) is 5.01 Å². The fourth-order valence-corrected chi connectivity index (χ4v) is 1.51. The summed E-state index contributed by atoms with van der Waals surface area (Å²) < 4.78 is 0. The molecule has 0 amide bonds. The second-order valence-corrected chi connectivity index (χ2v) is 5.09. The molecule has 0 aliphatic rings. The molecule has 0 aromatic carbocycles. The molecule has 0 aliphatic heterocycles. The van der Waals surface area contributed by atoms with Crippen molar-refractivity contribution in [2.75, 3.05) is 18.5 Å². The Bertz CT molecular complexity index is 285. The van der Waals surface area contributed by atoms with Crippen LogP contribution in [0.15, 0.2) is 0 Å². The lowest BCUT2D eigenvalue weighted by molar-refractivity contribution is 0.171. The molecule has 2 N–H and O–H groups in total. The highest BCUT2D eigenvalue weighted by atomic mass is 32.1. The molecule has 0 saturated carbocycles. The summed E-state index contributed by atoms with van der Waals surface area (Å²) in [6.45, 7) is 6.94. The molecule has 14 heavy (non-hydrogen) atoms. The molecule has 0 saturated heterocycles. The lowest BCUT2D eigenvalue weighted by Crippen LogP contribution is -2.26. The van der Waals surface area contributed by atoms with Crippen LogP contribution in [0.1, 0.15) is 25.8 Å². The van der Waals surface area contributed by atoms with E-state index in [-0.39, 0.29) is 12.0 Å². The van der Waals surface area contributed by atoms with E-state index in [0.29, 0.717) is 6.54 Å². The molecule has 1 rings (SSSR count).